The van der Waals surface area contributed by atoms with Gasteiger partial charge in [0.1, 0.15) is 0 Å². The van der Waals surface area contributed by atoms with E-state index in [2.05, 4.69) is 10.3 Å². The number of anilines is 2. The first kappa shape index (κ1) is 15.7. The first-order chi connectivity index (χ1) is 10.2. The second-order valence-electron chi connectivity index (χ2n) is 4.64. The Kier molecular flexibility index (Phi) is 5.50. The number of hydrogen-bond donors (Lipinski definition) is 1. The molecule has 2 aromatic heterocycles. The second-order valence-corrected chi connectivity index (χ2v) is 5.68. The van der Waals surface area contributed by atoms with Crippen LogP contribution in [0.2, 0.25) is 0 Å². The maximum Gasteiger partial charge on any atom is 0.168 e. The van der Waals surface area contributed by atoms with Crippen LogP contribution in [-0.4, -0.2) is 18.1 Å². The van der Waals surface area contributed by atoms with E-state index in [9.17, 15) is 8.78 Å². The van der Waals surface area contributed by atoms with Crippen LogP contribution in [0, 0.1) is 11.6 Å². The molecule has 2 heterocycles. The third-order valence-electron chi connectivity index (χ3n) is 3.06. The van der Waals surface area contributed by atoms with Gasteiger partial charge in [0.25, 0.3) is 0 Å². The van der Waals surface area contributed by atoms with Gasteiger partial charge in [-0.1, -0.05) is 13.0 Å². The normalized spacial score (nSPS) is 10.7. The van der Waals surface area contributed by atoms with Gasteiger partial charge in [-0.05, 0) is 24.8 Å². The number of rotatable bonds is 7. The number of thiophene rings is 1. The van der Waals surface area contributed by atoms with Crippen LogP contribution < -0.4 is 10.2 Å². The summed E-state index contributed by atoms with van der Waals surface area (Å²) in [5.74, 6) is -0.992. The summed E-state index contributed by atoms with van der Waals surface area (Å²) in [7, 11) is 0. The van der Waals surface area contributed by atoms with E-state index in [4.69, 9.17) is 0 Å². The Balaban J connectivity index is 2.26. The Hall–Kier alpha value is -1.69. The lowest BCUT2D eigenvalue weighted by Crippen LogP contribution is -2.24. The molecule has 2 rings (SSSR count). The maximum absolute atomic E-state index is 14.0. The van der Waals surface area contributed by atoms with E-state index < -0.39 is 11.6 Å². The molecule has 0 aliphatic rings. The van der Waals surface area contributed by atoms with Crippen molar-refractivity contribution in [1.82, 2.24) is 4.98 Å². The minimum atomic E-state index is -0.656. The van der Waals surface area contributed by atoms with E-state index in [1.54, 1.807) is 16.2 Å². The third kappa shape index (κ3) is 3.91. The minimum Gasteiger partial charge on any atom is -0.368 e. The van der Waals surface area contributed by atoms with Crippen molar-refractivity contribution < 1.29 is 8.78 Å². The molecule has 114 valence electrons. The molecule has 0 spiro atoms. The van der Waals surface area contributed by atoms with Crippen molar-refractivity contribution >= 4 is 23.0 Å². The van der Waals surface area contributed by atoms with E-state index in [0.717, 1.165) is 17.4 Å². The topological polar surface area (TPSA) is 28.2 Å². The molecule has 0 aliphatic heterocycles. The van der Waals surface area contributed by atoms with Crippen LogP contribution in [0.3, 0.4) is 0 Å². The lowest BCUT2D eigenvalue weighted by molar-refractivity contribution is 0.569. The van der Waals surface area contributed by atoms with Gasteiger partial charge >= 0.3 is 0 Å². The zero-order chi connectivity index (χ0) is 15.2. The molecule has 0 amide bonds. The fraction of sp³-hybridized carbons (Fsp3) is 0.400. The predicted molar refractivity (Wildman–Crippen MR) is 84.0 cm³/mol. The van der Waals surface area contributed by atoms with E-state index >= 15 is 0 Å². The molecule has 21 heavy (non-hydrogen) atoms. The first-order valence-corrected chi connectivity index (χ1v) is 7.90. The summed E-state index contributed by atoms with van der Waals surface area (Å²) in [6.07, 6.45) is 0.848. The van der Waals surface area contributed by atoms with Crippen LogP contribution in [0.15, 0.2) is 23.6 Å². The predicted octanol–water partition coefficient (Wildman–Crippen LogP) is 4.27. The number of aromatic nitrogens is 1. The molecule has 6 heteroatoms. The Morgan fingerprint density at radius 3 is 2.71 bits per heavy atom. The van der Waals surface area contributed by atoms with E-state index in [1.165, 1.54) is 0 Å². The molecule has 0 radical (unpaired) electrons. The molecule has 0 saturated heterocycles. The zero-order valence-corrected chi connectivity index (χ0v) is 13.0. The monoisotopic (exact) mass is 311 g/mol. The fourth-order valence-electron chi connectivity index (χ4n) is 1.97. The quantitative estimate of drug-likeness (QED) is 0.827. The summed E-state index contributed by atoms with van der Waals surface area (Å²) in [5.41, 5.74) is 0. The van der Waals surface area contributed by atoms with E-state index in [0.29, 0.717) is 19.6 Å². The molecular weight excluding hydrogens is 292 g/mol. The summed E-state index contributed by atoms with van der Waals surface area (Å²) in [5, 5.41) is 4.87. The van der Waals surface area contributed by atoms with Crippen molar-refractivity contribution in [2.75, 3.05) is 23.3 Å². The fourth-order valence-corrected chi connectivity index (χ4v) is 2.69. The van der Waals surface area contributed by atoms with Crippen molar-refractivity contribution in [3.05, 3.63) is 40.1 Å². The van der Waals surface area contributed by atoms with Crippen LogP contribution >= 0.6 is 11.3 Å². The second kappa shape index (κ2) is 7.36. The van der Waals surface area contributed by atoms with Crippen LogP contribution in [0.4, 0.5) is 20.4 Å². The molecule has 1 N–H and O–H groups in total. The van der Waals surface area contributed by atoms with Gasteiger partial charge < -0.3 is 10.2 Å². The van der Waals surface area contributed by atoms with Crippen molar-refractivity contribution in [2.24, 2.45) is 0 Å². The summed E-state index contributed by atoms with van der Waals surface area (Å²) in [6, 6.07) is 4.85. The van der Waals surface area contributed by atoms with Gasteiger partial charge in [0, 0.05) is 24.0 Å². The van der Waals surface area contributed by atoms with Gasteiger partial charge in [-0.25, -0.2) is 13.8 Å². The lowest BCUT2D eigenvalue weighted by atomic mass is 10.3. The van der Waals surface area contributed by atoms with Gasteiger partial charge in [0.2, 0.25) is 0 Å². The van der Waals surface area contributed by atoms with Gasteiger partial charge in [0.05, 0.1) is 6.54 Å². The van der Waals surface area contributed by atoms with Gasteiger partial charge in [-0.3, -0.25) is 0 Å². The largest absolute Gasteiger partial charge is 0.368 e. The molecule has 0 aliphatic carbocycles. The molecule has 0 fully saturated rings. The summed E-state index contributed by atoms with van der Waals surface area (Å²) >= 11 is 1.61. The Bertz CT molecular complexity index is 573. The highest BCUT2D eigenvalue weighted by atomic mass is 32.1. The molecule has 0 bridgehead atoms. The SMILES string of the molecule is CCCNc1nc(N(CC)Cc2cccs2)c(F)cc1F. The van der Waals surface area contributed by atoms with Gasteiger partial charge in [-0.15, -0.1) is 11.3 Å². The first-order valence-electron chi connectivity index (χ1n) is 7.03. The Morgan fingerprint density at radius 1 is 1.29 bits per heavy atom. The Labute approximate surface area is 127 Å². The number of nitrogens with zero attached hydrogens (tertiary/aromatic N) is 2. The van der Waals surface area contributed by atoms with Crippen molar-refractivity contribution in [1.29, 1.82) is 0 Å². The standard InChI is InChI=1S/C15H19F2N3S/c1-3-7-18-14-12(16)9-13(17)15(19-14)20(4-2)10-11-6-5-8-21-11/h5-6,8-9H,3-4,7,10H2,1-2H3,(H,18,19). The summed E-state index contributed by atoms with van der Waals surface area (Å²) in [4.78, 5) is 7.05. The van der Waals surface area contributed by atoms with Crippen molar-refractivity contribution in [2.45, 2.75) is 26.8 Å². The maximum atomic E-state index is 14.0. The number of hydrogen-bond acceptors (Lipinski definition) is 4. The minimum absolute atomic E-state index is 0.109. The molecule has 0 unspecified atom stereocenters. The lowest BCUT2D eigenvalue weighted by Gasteiger charge is -2.22. The smallest absolute Gasteiger partial charge is 0.168 e. The number of pyridine rings is 1. The number of halogens is 2. The van der Waals surface area contributed by atoms with Crippen LogP contribution in [-0.2, 0) is 6.54 Å². The summed E-state index contributed by atoms with van der Waals surface area (Å²) in [6.45, 7) is 5.67. The van der Waals surface area contributed by atoms with Crippen molar-refractivity contribution in [3.8, 4) is 0 Å². The average Bonchev–Trinajstić information content (AvgIpc) is 2.97. The molecular formula is C15H19F2N3S. The zero-order valence-electron chi connectivity index (χ0n) is 12.2. The molecule has 0 aromatic carbocycles. The number of nitrogens with one attached hydrogen (secondary N) is 1. The molecule has 2 aromatic rings. The van der Waals surface area contributed by atoms with Crippen LogP contribution in [0.25, 0.3) is 0 Å². The molecule has 0 saturated carbocycles. The van der Waals surface area contributed by atoms with E-state index in [-0.39, 0.29) is 11.6 Å². The van der Waals surface area contributed by atoms with Gasteiger partial charge in [-0.2, -0.15) is 0 Å². The Morgan fingerprint density at radius 2 is 2.10 bits per heavy atom. The average molecular weight is 311 g/mol. The van der Waals surface area contributed by atoms with Crippen molar-refractivity contribution in [3.63, 3.8) is 0 Å². The third-order valence-corrected chi connectivity index (χ3v) is 3.92. The van der Waals surface area contributed by atoms with Crippen LogP contribution in [0.1, 0.15) is 25.1 Å². The van der Waals surface area contributed by atoms with Crippen LogP contribution in [0.5, 0.6) is 0 Å². The highest BCUT2D eigenvalue weighted by Gasteiger charge is 2.17. The van der Waals surface area contributed by atoms with Gasteiger partial charge in [0.15, 0.2) is 23.3 Å². The molecule has 0 atom stereocenters. The molecule has 3 nitrogen and oxygen atoms in total. The highest BCUT2D eigenvalue weighted by Crippen LogP contribution is 2.24. The highest BCUT2D eigenvalue weighted by molar-refractivity contribution is 7.09. The summed E-state index contributed by atoms with van der Waals surface area (Å²) < 4.78 is 27.8. The van der Waals surface area contributed by atoms with E-state index in [1.807, 2.05) is 31.4 Å².